The van der Waals surface area contributed by atoms with Crippen molar-refractivity contribution in [2.24, 2.45) is 11.3 Å². The van der Waals surface area contributed by atoms with Crippen molar-refractivity contribution in [1.29, 1.82) is 0 Å². The first-order valence-corrected chi connectivity index (χ1v) is 14.6. The predicted octanol–water partition coefficient (Wildman–Crippen LogP) is 4.94. The molecule has 1 aromatic heterocycles. The predicted molar refractivity (Wildman–Crippen MR) is 152 cm³/mol. The highest BCUT2D eigenvalue weighted by Gasteiger charge is 2.31. The Labute approximate surface area is 230 Å². The van der Waals surface area contributed by atoms with Crippen LogP contribution in [0.5, 0.6) is 0 Å². The fourth-order valence-electron chi connectivity index (χ4n) is 5.02. The van der Waals surface area contributed by atoms with E-state index in [1.165, 1.54) is 17.7 Å². The number of rotatable bonds is 6. The second-order valence-electron chi connectivity index (χ2n) is 13.3. The zero-order chi connectivity index (χ0) is 28.5. The van der Waals surface area contributed by atoms with Gasteiger partial charge in [0.15, 0.2) is 0 Å². The average Bonchev–Trinajstić information content (AvgIpc) is 3.29. The molecule has 218 valence electrons. The lowest BCUT2D eigenvalue weighted by Crippen LogP contribution is -2.55. The first-order chi connectivity index (χ1) is 17.7. The summed E-state index contributed by atoms with van der Waals surface area (Å²) in [5.74, 6) is 0.967. The molecule has 0 spiro atoms. The molecule has 0 aliphatic carbocycles. The summed E-state index contributed by atoms with van der Waals surface area (Å²) in [6.45, 7) is 14.7. The molecule has 1 aliphatic heterocycles. The van der Waals surface area contributed by atoms with E-state index in [0.29, 0.717) is 18.8 Å². The molecule has 0 radical (unpaired) electrons. The van der Waals surface area contributed by atoms with E-state index in [4.69, 9.17) is 4.52 Å². The molecule has 38 heavy (non-hydrogen) atoms. The van der Waals surface area contributed by atoms with E-state index in [9.17, 15) is 14.7 Å². The molecule has 2 rings (SSSR count). The topological polar surface area (TPSA) is 108 Å². The maximum atomic E-state index is 13.2. The van der Waals surface area contributed by atoms with Gasteiger partial charge in [-0.2, -0.15) is 0 Å². The number of carbonyl (C=O) groups is 2. The third-order valence-electron chi connectivity index (χ3n) is 7.80. The van der Waals surface area contributed by atoms with Crippen molar-refractivity contribution in [2.45, 2.75) is 136 Å². The fourth-order valence-corrected chi connectivity index (χ4v) is 5.02. The molecule has 2 amide bonds. The number of nitrogens with zero attached hydrogens (tertiary/aromatic N) is 2. The Balaban J connectivity index is 2.10. The lowest BCUT2D eigenvalue weighted by atomic mass is 9.90. The second kappa shape index (κ2) is 14.5. The molecule has 0 bridgehead atoms. The number of carbonyl (C=O) groups excluding carboxylic acids is 2. The number of aromatic nitrogens is 1. The smallest absolute Gasteiger partial charge is 0.242 e. The van der Waals surface area contributed by atoms with E-state index in [1.807, 2.05) is 19.9 Å². The minimum Gasteiger partial charge on any atom is -0.390 e. The standard InChI is InChI=1S/C30H54N4O4/c1-21-15-13-11-9-10-12-14-16-27(36)34(8)22(2)28(37)32-24(17-21)25(35)20-31-30(6,7)26-18-23(38-33-26)19-29(3,4)5/h18,21-22,24-25,31,35H,9-17,19-20H2,1-8H3,(H,32,37)/t21-,22+,24+,25-/m1/s1. The van der Waals surface area contributed by atoms with Crippen molar-refractivity contribution in [3.63, 3.8) is 0 Å². The lowest BCUT2D eigenvalue weighted by Gasteiger charge is -2.32. The summed E-state index contributed by atoms with van der Waals surface area (Å²) >= 11 is 0. The highest BCUT2D eigenvalue weighted by atomic mass is 16.5. The Hall–Kier alpha value is -1.93. The number of aliphatic hydroxyl groups is 1. The lowest BCUT2D eigenvalue weighted by molar-refractivity contribution is -0.139. The van der Waals surface area contributed by atoms with Crippen LogP contribution in [0, 0.1) is 11.3 Å². The molecule has 8 heteroatoms. The molecule has 0 unspecified atom stereocenters. The first-order valence-electron chi connectivity index (χ1n) is 14.6. The molecule has 1 saturated heterocycles. The monoisotopic (exact) mass is 534 g/mol. The zero-order valence-corrected chi connectivity index (χ0v) is 25.2. The SMILES string of the molecule is C[C@@H]1CCCCCCCCC(=O)N(C)[C@@H](C)C(=O)N[C@H]([C@H](O)CNC(C)(C)c2cc(CC(C)(C)C)on2)C1. The molecule has 4 atom stereocenters. The number of hydrogen-bond acceptors (Lipinski definition) is 6. The largest absolute Gasteiger partial charge is 0.390 e. The highest BCUT2D eigenvalue weighted by molar-refractivity contribution is 5.87. The van der Waals surface area contributed by atoms with Crippen LogP contribution in [0.4, 0.5) is 0 Å². The van der Waals surface area contributed by atoms with Gasteiger partial charge in [0.2, 0.25) is 11.8 Å². The van der Waals surface area contributed by atoms with Crippen LogP contribution in [-0.4, -0.2) is 58.8 Å². The number of amides is 2. The van der Waals surface area contributed by atoms with Crippen LogP contribution in [0.1, 0.15) is 118 Å². The average molecular weight is 535 g/mol. The van der Waals surface area contributed by atoms with Gasteiger partial charge in [-0.3, -0.25) is 9.59 Å². The quantitative estimate of drug-likeness (QED) is 0.477. The molecule has 3 N–H and O–H groups in total. The van der Waals surface area contributed by atoms with Crippen LogP contribution in [-0.2, 0) is 21.5 Å². The summed E-state index contributed by atoms with van der Waals surface area (Å²) in [5.41, 5.74) is 0.363. The molecule has 1 aliphatic rings. The van der Waals surface area contributed by atoms with Crippen molar-refractivity contribution in [1.82, 2.24) is 20.7 Å². The number of likely N-dealkylation sites (N-methyl/N-ethyl adjacent to an activating group) is 1. The number of aliphatic hydroxyl groups excluding tert-OH is 1. The summed E-state index contributed by atoms with van der Waals surface area (Å²) < 4.78 is 5.58. The maximum Gasteiger partial charge on any atom is 0.242 e. The minimum atomic E-state index is -0.797. The van der Waals surface area contributed by atoms with Gasteiger partial charge in [0.05, 0.1) is 17.7 Å². The van der Waals surface area contributed by atoms with Crippen molar-refractivity contribution >= 4 is 11.8 Å². The van der Waals surface area contributed by atoms with E-state index in [1.54, 1.807) is 14.0 Å². The van der Waals surface area contributed by atoms with Gasteiger partial charge < -0.3 is 25.2 Å². The van der Waals surface area contributed by atoms with Gasteiger partial charge in [-0.1, -0.05) is 71.4 Å². The van der Waals surface area contributed by atoms with Crippen LogP contribution in [0.2, 0.25) is 0 Å². The zero-order valence-electron chi connectivity index (χ0n) is 25.2. The Bertz CT molecular complexity index is 876. The second-order valence-corrected chi connectivity index (χ2v) is 13.3. The van der Waals surface area contributed by atoms with Crippen LogP contribution < -0.4 is 10.6 Å². The summed E-state index contributed by atoms with van der Waals surface area (Å²) in [7, 11) is 1.69. The molecule has 1 fully saturated rings. The van der Waals surface area contributed by atoms with E-state index < -0.39 is 23.7 Å². The first kappa shape index (κ1) is 32.3. The molecule has 0 saturated carbocycles. The van der Waals surface area contributed by atoms with Gasteiger partial charge in [-0.25, -0.2) is 0 Å². The molecular formula is C30H54N4O4. The Morgan fingerprint density at radius 2 is 1.74 bits per heavy atom. The van der Waals surface area contributed by atoms with E-state index >= 15 is 0 Å². The van der Waals surface area contributed by atoms with Crippen molar-refractivity contribution in [3.8, 4) is 0 Å². The minimum absolute atomic E-state index is 0.00734. The van der Waals surface area contributed by atoms with Gasteiger partial charge >= 0.3 is 0 Å². The third-order valence-corrected chi connectivity index (χ3v) is 7.80. The molecule has 8 nitrogen and oxygen atoms in total. The number of nitrogens with one attached hydrogen (secondary N) is 2. The Morgan fingerprint density at radius 3 is 2.39 bits per heavy atom. The van der Waals surface area contributed by atoms with Gasteiger partial charge in [0.1, 0.15) is 17.5 Å². The van der Waals surface area contributed by atoms with Crippen molar-refractivity contribution in [2.75, 3.05) is 13.6 Å². The number of hydrogen-bond donors (Lipinski definition) is 3. The van der Waals surface area contributed by atoms with Crippen molar-refractivity contribution in [3.05, 3.63) is 17.5 Å². The maximum absolute atomic E-state index is 13.2. The van der Waals surface area contributed by atoms with Crippen LogP contribution in [0.25, 0.3) is 0 Å². The van der Waals surface area contributed by atoms with Crippen molar-refractivity contribution < 1.29 is 19.2 Å². The fraction of sp³-hybridized carbons (Fsp3) is 0.833. The van der Waals surface area contributed by atoms with Gasteiger partial charge in [0.25, 0.3) is 0 Å². The molecular weight excluding hydrogens is 480 g/mol. The van der Waals surface area contributed by atoms with Gasteiger partial charge in [0, 0.05) is 32.5 Å². The molecule has 1 aromatic rings. The third kappa shape index (κ3) is 10.7. The summed E-state index contributed by atoms with van der Waals surface area (Å²) in [6, 6.07) is 0.963. The Kier molecular flexibility index (Phi) is 12.3. The Morgan fingerprint density at radius 1 is 1.11 bits per heavy atom. The van der Waals surface area contributed by atoms with Gasteiger partial charge in [-0.15, -0.1) is 0 Å². The summed E-state index contributed by atoms with van der Waals surface area (Å²) in [4.78, 5) is 27.3. The van der Waals surface area contributed by atoms with E-state index in [-0.39, 0.29) is 23.8 Å². The summed E-state index contributed by atoms with van der Waals surface area (Å²) in [6.07, 6.45) is 8.79. The molecule has 2 heterocycles. The van der Waals surface area contributed by atoms with E-state index in [2.05, 4.69) is 43.5 Å². The molecule has 0 aromatic carbocycles. The highest BCUT2D eigenvalue weighted by Crippen LogP contribution is 2.25. The van der Waals surface area contributed by atoms with Crippen LogP contribution in [0.3, 0.4) is 0 Å². The van der Waals surface area contributed by atoms with Crippen LogP contribution in [0.15, 0.2) is 10.6 Å². The summed E-state index contributed by atoms with van der Waals surface area (Å²) in [5, 5.41) is 22.1. The van der Waals surface area contributed by atoms with Gasteiger partial charge in [-0.05, 0) is 44.9 Å². The normalized spacial score (nSPS) is 24.8. The van der Waals surface area contributed by atoms with E-state index in [0.717, 1.165) is 50.0 Å². The van der Waals surface area contributed by atoms with Crippen LogP contribution >= 0.6 is 0 Å².